The third kappa shape index (κ3) is 18.5. The Bertz CT molecular complexity index is 2440. The first-order chi connectivity index (χ1) is 25.3. The van der Waals surface area contributed by atoms with Gasteiger partial charge in [0.25, 0.3) is 36.2 Å². The maximum Gasteiger partial charge on any atom is 0.573 e. The van der Waals surface area contributed by atoms with Crippen molar-refractivity contribution in [3.05, 3.63) is 114 Å². The molecule has 318 valence electrons. The van der Waals surface area contributed by atoms with Crippen LogP contribution < -0.4 is 4.74 Å². The van der Waals surface area contributed by atoms with Crippen LogP contribution in [0.1, 0.15) is 16.7 Å². The lowest BCUT2D eigenvalue weighted by atomic mass is 10.2. The lowest BCUT2D eigenvalue weighted by molar-refractivity contribution is -0.275. The molecule has 57 heavy (non-hydrogen) atoms. The average Bonchev–Trinajstić information content (AvgIpc) is 3.02. The summed E-state index contributed by atoms with van der Waals surface area (Å²) >= 11 is 0. The number of hydrogen-bond donors (Lipinski definition) is 0. The van der Waals surface area contributed by atoms with Gasteiger partial charge in [0, 0.05) is 42.7 Å². The second-order valence-corrected chi connectivity index (χ2v) is 20.0. The zero-order valence-corrected chi connectivity index (χ0v) is 32.9. The normalized spacial score (nSPS) is 12.8. The van der Waals surface area contributed by atoms with E-state index in [2.05, 4.69) is 4.74 Å². The molecule has 0 heterocycles. The maximum atomic E-state index is 12.3. The summed E-state index contributed by atoms with van der Waals surface area (Å²) in [7, 11) is 2.86. The van der Waals surface area contributed by atoms with E-state index in [-0.39, 0.29) is 4.90 Å². The molecule has 4 aromatic rings. The summed E-state index contributed by atoms with van der Waals surface area (Å²) in [4.78, 5) is -2.56. The minimum absolute atomic E-state index is 0.354. The van der Waals surface area contributed by atoms with E-state index in [1.807, 2.05) is 0 Å². The lowest BCUT2D eigenvalue weighted by Gasteiger charge is -2.10. The summed E-state index contributed by atoms with van der Waals surface area (Å²) < 4.78 is 234. The van der Waals surface area contributed by atoms with Crippen LogP contribution in [0, 0.1) is 0 Å². The zero-order valence-electron chi connectivity index (χ0n) is 26.6. The summed E-state index contributed by atoms with van der Waals surface area (Å²) in [6.07, 6.45) is -18.7. The summed E-state index contributed by atoms with van der Waals surface area (Å²) in [6.45, 7) is 0. The second-order valence-electron chi connectivity index (χ2n) is 9.79. The van der Waals surface area contributed by atoms with Gasteiger partial charge in [-0.3, -0.25) is 0 Å². The minimum Gasteiger partial charge on any atom is -0.404 e. The maximum absolute atomic E-state index is 12.3. The second kappa shape index (κ2) is 19.2. The highest BCUT2D eigenvalue weighted by molar-refractivity contribution is 8.14. The highest BCUT2D eigenvalue weighted by Crippen LogP contribution is 2.36. The molecule has 0 spiro atoms. The molecule has 0 fully saturated rings. The van der Waals surface area contributed by atoms with Gasteiger partial charge in [-0.15, -0.1) is 13.2 Å². The molecule has 0 atom stereocenters. The van der Waals surface area contributed by atoms with Crippen LogP contribution >= 0.6 is 42.7 Å². The minimum atomic E-state index is -4.96. The Morgan fingerprint density at radius 2 is 0.825 bits per heavy atom. The number of para-hydroxylation sites is 1. The van der Waals surface area contributed by atoms with Gasteiger partial charge in [0.05, 0.1) is 31.4 Å². The van der Waals surface area contributed by atoms with Crippen LogP contribution in [0.15, 0.2) is 117 Å². The van der Waals surface area contributed by atoms with E-state index in [9.17, 15) is 86.4 Å². The van der Waals surface area contributed by atoms with Crippen LogP contribution in [0.3, 0.4) is 0 Å². The Hall–Kier alpha value is -3.20. The van der Waals surface area contributed by atoms with E-state index in [1.165, 1.54) is 18.2 Å². The van der Waals surface area contributed by atoms with Crippen molar-refractivity contribution in [2.24, 2.45) is 0 Å². The number of alkyl halides is 12. The van der Waals surface area contributed by atoms with E-state index < -0.39 is 98.2 Å². The topological polar surface area (TPSA) is 146 Å². The Kier molecular flexibility index (Phi) is 17.5. The van der Waals surface area contributed by atoms with Crippen molar-refractivity contribution in [2.75, 3.05) is 0 Å². The Morgan fingerprint density at radius 1 is 0.404 bits per heavy atom. The van der Waals surface area contributed by atoms with E-state index in [4.69, 9.17) is 42.7 Å². The summed E-state index contributed by atoms with van der Waals surface area (Å²) in [5.74, 6) is -0.847. The molecular weight excluding hydrogens is 978 g/mol. The predicted octanol–water partition coefficient (Wildman–Crippen LogP) is 10.4. The molecule has 0 saturated heterocycles. The predicted molar refractivity (Wildman–Crippen MR) is 180 cm³/mol. The summed E-state index contributed by atoms with van der Waals surface area (Å²) in [5, 5.41) is 0. The summed E-state index contributed by atoms with van der Waals surface area (Å²) in [5.41, 5.74) is -3.21. The zero-order chi connectivity index (χ0) is 44.6. The fraction of sp³-hybridized carbons (Fsp3) is 0.143. The molecule has 9 nitrogen and oxygen atoms in total. The summed E-state index contributed by atoms with van der Waals surface area (Å²) in [6, 6.07) is 14.1. The van der Waals surface area contributed by atoms with Gasteiger partial charge in [-0.2, -0.15) is 39.5 Å². The van der Waals surface area contributed by atoms with Gasteiger partial charge in [-0.1, -0.05) is 30.3 Å². The van der Waals surface area contributed by atoms with Crippen LogP contribution in [0.5, 0.6) is 5.75 Å². The van der Waals surface area contributed by atoms with Crippen molar-refractivity contribution in [1.29, 1.82) is 0 Å². The largest absolute Gasteiger partial charge is 0.573 e. The van der Waals surface area contributed by atoms with Crippen molar-refractivity contribution in [1.82, 2.24) is 0 Å². The highest BCUT2D eigenvalue weighted by Gasteiger charge is 2.37. The van der Waals surface area contributed by atoms with Crippen LogP contribution in [-0.4, -0.2) is 40.0 Å². The Morgan fingerprint density at radius 3 is 1.19 bits per heavy atom. The van der Waals surface area contributed by atoms with Crippen molar-refractivity contribution in [2.45, 2.75) is 44.5 Å². The molecule has 0 aromatic heterocycles. The third-order valence-corrected chi connectivity index (χ3v) is 11.2. The molecular formula is C28H16Cl4F12O9S4. The fourth-order valence-corrected chi connectivity index (χ4v) is 7.04. The smallest absolute Gasteiger partial charge is 0.404 e. The van der Waals surface area contributed by atoms with Crippen molar-refractivity contribution in [3.8, 4) is 5.75 Å². The van der Waals surface area contributed by atoms with Gasteiger partial charge in [-0.05, 0) is 66.7 Å². The molecule has 4 rings (SSSR count). The monoisotopic (exact) mass is 992 g/mol. The fourth-order valence-electron chi connectivity index (χ4n) is 3.40. The van der Waals surface area contributed by atoms with Crippen LogP contribution in [0.2, 0.25) is 0 Å². The average molecular weight is 994 g/mol. The third-order valence-electron chi connectivity index (χ3n) is 5.70. The molecule has 0 aliphatic heterocycles. The molecule has 0 radical (unpaired) electrons. The molecule has 0 saturated carbocycles. The van der Waals surface area contributed by atoms with Gasteiger partial charge in [0.1, 0.15) is 10.6 Å². The molecule has 0 aliphatic carbocycles. The molecule has 0 unspecified atom stereocenters. The molecule has 29 heteroatoms. The first-order valence-electron chi connectivity index (χ1n) is 13.5. The molecule has 0 amide bonds. The first-order valence-corrected chi connectivity index (χ1v) is 22.7. The van der Waals surface area contributed by atoms with Gasteiger partial charge >= 0.3 is 24.9 Å². The first kappa shape index (κ1) is 51.8. The Balaban J connectivity index is 0.000000380. The van der Waals surface area contributed by atoms with E-state index >= 15 is 0 Å². The molecule has 0 aliphatic rings. The quantitative estimate of drug-likeness (QED) is 0.141. The standard InChI is InChI=1S/C7H4ClF3O3S.3C7H4ClF3O2S/c8-15(12,13)6-4-2-1-3-5(6)14-7(9,10)11;8-14(12,13)6-3-1-5(2-4-6)7(9,10)11;8-14(12,13)6-3-1-2-5(4-6)7(9,10)11;8-14(12,13)6-4-2-1-3-5(6)7(9,10)11/h1-4H;3*1-4H. The van der Waals surface area contributed by atoms with Gasteiger partial charge in [-0.25, -0.2) is 33.7 Å². The number of rotatable bonds is 5. The van der Waals surface area contributed by atoms with Crippen LogP contribution in [0.4, 0.5) is 52.7 Å². The number of ether oxygens (including phenoxy) is 1. The van der Waals surface area contributed by atoms with E-state index in [0.717, 1.165) is 54.6 Å². The number of benzene rings is 4. The van der Waals surface area contributed by atoms with Gasteiger partial charge in [0.2, 0.25) is 0 Å². The Labute approximate surface area is 332 Å². The lowest BCUT2D eigenvalue weighted by Crippen LogP contribution is -2.18. The highest BCUT2D eigenvalue weighted by atomic mass is 35.7. The van der Waals surface area contributed by atoms with Gasteiger partial charge < -0.3 is 4.74 Å². The van der Waals surface area contributed by atoms with E-state index in [1.54, 1.807) is 0 Å². The SMILES string of the molecule is O=S(=O)(Cl)c1ccc(C(F)(F)F)cc1.O=S(=O)(Cl)c1cccc(C(F)(F)F)c1.O=S(=O)(Cl)c1ccccc1C(F)(F)F.O=S(=O)(Cl)c1ccccc1OC(F)(F)F. The van der Waals surface area contributed by atoms with Gasteiger partial charge in [0.15, 0.2) is 0 Å². The molecule has 0 N–H and O–H groups in total. The van der Waals surface area contributed by atoms with Crippen molar-refractivity contribution < 1.29 is 91.1 Å². The van der Waals surface area contributed by atoms with Crippen LogP contribution in [0.25, 0.3) is 0 Å². The molecule has 0 bridgehead atoms. The number of halogens is 16. The van der Waals surface area contributed by atoms with Crippen molar-refractivity contribution >= 4 is 78.9 Å². The van der Waals surface area contributed by atoms with E-state index in [0.29, 0.717) is 24.3 Å². The molecule has 4 aromatic carbocycles. The number of hydrogen-bond acceptors (Lipinski definition) is 9. The van der Waals surface area contributed by atoms with Crippen LogP contribution in [-0.2, 0) is 54.7 Å². The van der Waals surface area contributed by atoms with Crippen molar-refractivity contribution in [3.63, 3.8) is 0 Å².